The normalized spacial score (nSPS) is 13.7. The second kappa shape index (κ2) is 4.87. The van der Waals surface area contributed by atoms with Gasteiger partial charge in [-0.05, 0) is 82.3 Å². The lowest BCUT2D eigenvalue weighted by atomic mass is 9.93. The van der Waals surface area contributed by atoms with Gasteiger partial charge in [0.2, 0.25) is 0 Å². The van der Waals surface area contributed by atoms with Gasteiger partial charge < -0.3 is 4.90 Å². The Kier molecular flexibility index (Phi) is 3.36. The molecule has 1 aliphatic rings. The summed E-state index contributed by atoms with van der Waals surface area (Å²) in [7, 11) is 0. The molecule has 0 amide bonds. The van der Waals surface area contributed by atoms with Gasteiger partial charge in [0.25, 0.3) is 0 Å². The van der Waals surface area contributed by atoms with Crippen molar-refractivity contribution in [2.75, 3.05) is 4.90 Å². The summed E-state index contributed by atoms with van der Waals surface area (Å²) < 4.78 is 0. The quantitative estimate of drug-likeness (QED) is 0.559. The fourth-order valence-corrected chi connectivity index (χ4v) is 4.03. The van der Waals surface area contributed by atoms with Crippen molar-refractivity contribution < 1.29 is 0 Å². The van der Waals surface area contributed by atoms with Crippen LogP contribution in [0.3, 0.4) is 0 Å². The van der Waals surface area contributed by atoms with Crippen molar-refractivity contribution >= 4 is 5.69 Å². The van der Waals surface area contributed by atoms with E-state index in [4.69, 9.17) is 0 Å². The van der Waals surface area contributed by atoms with E-state index < -0.39 is 0 Å². The number of benzene rings is 2. The first-order valence-corrected chi connectivity index (χ1v) is 8.19. The van der Waals surface area contributed by atoms with Gasteiger partial charge >= 0.3 is 0 Å². The van der Waals surface area contributed by atoms with Gasteiger partial charge in [0.1, 0.15) is 0 Å². The Bertz CT molecular complexity index is 685. The standard InChI is InChI=1S/C21H27N/c1-20(2,3)22(21(4,5)6)17-12-11-16-13-15-9-7-8-10-18(15)19(16)14-17/h7-12,14H,13H2,1-6H3. The predicted octanol–water partition coefficient (Wildman–Crippen LogP) is 5.66. The molecule has 0 spiro atoms. The smallest absolute Gasteiger partial charge is 0.0381 e. The molecule has 0 bridgehead atoms. The van der Waals surface area contributed by atoms with Crippen molar-refractivity contribution in [1.29, 1.82) is 0 Å². The van der Waals surface area contributed by atoms with Gasteiger partial charge in [0.15, 0.2) is 0 Å². The minimum Gasteiger partial charge on any atom is -0.362 e. The van der Waals surface area contributed by atoms with E-state index in [1.807, 2.05) is 0 Å². The molecule has 116 valence electrons. The van der Waals surface area contributed by atoms with Gasteiger partial charge in [-0.2, -0.15) is 0 Å². The summed E-state index contributed by atoms with van der Waals surface area (Å²) in [6, 6.07) is 15.8. The molecule has 1 aliphatic carbocycles. The summed E-state index contributed by atoms with van der Waals surface area (Å²) in [5, 5.41) is 0. The molecule has 22 heavy (non-hydrogen) atoms. The first kappa shape index (κ1) is 15.1. The lowest BCUT2D eigenvalue weighted by Crippen LogP contribution is -2.53. The molecule has 0 atom stereocenters. The Balaban J connectivity index is 2.12. The van der Waals surface area contributed by atoms with Gasteiger partial charge in [-0.15, -0.1) is 0 Å². The van der Waals surface area contributed by atoms with Gasteiger partial charge in [-0.3, -0.25) is 0 Å². The molecule has 0 fully saturated rings. The molecule has 3 rings (SSSR count). The first-order chi connectivity index (χ1) is 10.2. The molecule has 0 aromatic heterocycles. The second-order valence-corrected chi connectivity index (χ2v) is 8.35. The van der Waals surface area contributed by atoms with E-state index in [-0.39, 0.29) is 11.1 Å². The van der Waals surface area contributed by atoms with Gasteiger partial charge in [0, 0.05) is 16.8 Å². The summed E-state index contributed by atoms with van der Waals surface area (Å²) in [6.45, 7) is 13.7. The summed E-state index contributed by atoms with van der Waals surface area (Å²) in [4.78, 5) is 2.53. The van der Waals surface area contributed by atoms with Crippen molar-refractivity contribution in [3.05, 3.63) is 53.6 Å². The van der Waals surface area contributed by atoms with Crippen LogP contribution in [0.15, 0.2) is 42.5 Å². The SMILES string of the molecule is CC(C)(C)N(c1ccc2c(c1)-c1ccccc1C2)C(C)(C)C. The Morgan fingerprint density at radius 3 is 1.95 bits per heavy atom. The molecule has 2 aromatic carbocycles. The highest BCUT2D eigenvalue weighted by Gasteiger charge is 2.32. The molecule has 2 aromatic rings. The largest absolute Gasteiger partial charge is 0.362 e. The maximum absolute atomic E-state index is 2.53. The lowest BCUT2D eigenvalue weighted by molar-refractivity contribution is 0.381. The Hall–Kier alpha value is -1.76. The number of rotatable bonds is 1. The van der Waals surface area contributed by atoms with E-state index in [2.05, 4.69) is 88.9 Å². The molecular weight excluding hydrogens is 266 g/mol. The average molecular weight is 293 g/mol. The maximum Gasteiger partial charge on any atom is 0.0381 e. The minimum atomic E-state index is 0.0879. The zero-order chi connectivity index (χ0) is 16.1. The Morgan fingerprint density at radius 2 is 1.32 bits per heavy atom. The molecule has 0 aliphatic heterocycles. The molecular formula is C21H27N. The molecule has 0 radical (unpaired) electrons. The van der Waals surface area contributed by atoms with Crippen molar-refractivity contribution in [2.24, 2.45) is 0 Å². The fraction of sp³-hybridized carbons (Fsp3) is 0.429. The van der Waals surface area contributed by atoms with E-state index in [1.54, 1.807) is 0 Å². The fourth-order valence-electron chi connectivity index (χ4n) is 4.03. The van der Waals surface area contributed by atoms with E-state index in [0.29, 0.717) is 0 Å². The second-order valence-electron chi connectivity index (χ2n) is 8.35. The van der Waals surface area contributed by atoms with E-state index in [1.165, 1.54) is 27.9 Å². The Morgan fingerprint density at radius 1 is 0.727 bits per heavy atom. The topological polar surface area (TPSA) is 3.24 Å². The number of hydrogen-bond donors (Lipinski definition) is 0. The van der Waals surface area contributed by atoms with Crippen LogP contribution >= 0.6 is 0 Å². The Labute approximate surface area is 135 Å². The van der Waals surface area contributed by atoms with Crippen molar-refractivity contribution in [3.8, 4) is 11.1 Å². The lowest BCUT2D eigenvalue weighted by Gasteiger charge is -2.47. The van der Waals surface area contributed by atoms with Crippen LogP contribution in [0.5, 0.6) is 0 Å². The third-order valence-electron chi connectivity index (χ3n) is 4.38. The van der Waals surface area contributed by atoms with Crippen LogP contribution in [0.1, 0.15) is 52.7 Å². The monoisotopic (exact) mass is 293 g/mol. The summed E-state index contributed by atoms with van der Waals surface area (Å²) in [5.74, 6) is 0. The third kappa shape index (κ3) is 2.54. The molecule has 0 saturated heterocycles. The highest BCUT2D eigenvalue weighted by molar-refractivity contribution is 5.80. The first-order valence-electron chi connectivity index (χ1n) is 8.19. The van der Waals surface area contributed by atoms with Crippen LogP contribution in [0.25, 0.3) is 11.1 Å². The third-order valence-corrected chi connectivity index (χ3v) is 4.38. The van der Waals surface area contributed by atoms with Crippen LogP contribution < -0.4 is 4.90 Å². The van der Waals surface area contributed by atoms with E-state index in [9.17, 15) is 0 Å². The number of anilines is 1. The van der Waals surface area contributed by atoms with Gasteiger partial charge in [0.05, 0.1) is 0 Å². The van der Waals surface area contributed by atoms with Crippen molar-refractivity contribution in [2.45, 2.75) is 59.0 Å². The molecule has 0 saturated carbocycles. The maximum atomic E-state index is 2.53. The number of nitrogens with zero attached hydrogens (tertiary/aromatic N) is 1. The minimum absolute atomic E-state index is 0.0879. The molecule has 1 heteroatoms. The van der Waals surface area contributed by atoms with Crippen LogP contribution in [-0.4, -0.2) is 11.1 Å². The predicted molar refractivity (Wildman–Crippen MR) is 96.7 cm³/mol. The number of fused-ring (bicyclic) bond motifs is 3. The van der Waals surface area contributed by atoms with Crippen LogP contribution in [-0.2, 0) is 6.42 Å². The van der Waals surface area contributed by atoms with Crippen molar-refractivity contribution in [3.63, 3.8) is 0 Å². The average Bonchev–Trinajstić information content (AvgIpc) is 2.73. The highest BCUT2D eigenvalue weighted by atomic mass is 15.2. The van der Waals surface area contributed by atoms with Crippen LogP contribution in [0.4, 0.5) is 5.69 Å². The summed E-state index contributed by atoms with van der Waals surface area (Å²) in [6.07, 6.45) is 1.07. The van der Waals surface area contributed by atoms with Crippen molar-refractivity contribution in [1.82, 2.24) is 0 Å². The number of hydrogen-bond acceptors (Lipinski definition) is 1. The van der Waals surface area contributed by atoms with Crippen LogP contribution in [0, 0.1) is 0 Å². The molecule has 1 nitrogen and oxygen atoms in total. The van der Waals surface area contributed by atoms with E-state index in [0.717, 1.165) is 6.42 Å². The molecule has 0 N–H and O–H groups in total. The highest BCUT2D eigenvalue weighted by Crippen LogP contribution is 2.41. The van der Waals surface area contributed by atoms with Gasteiger partial charge in [-0.25, -0.2) is 0 Å². The summed E-state index contributed by atoms with van der Waals surface area (Å²) >= 11 is 0. The van der Waals surface area contributed by atoms with Crippen LogP contribution in [0.2, 0.25) is 0 Å². The summed E-state index contributed by atoms with van der Waals surface area (Å²) in [5.41, 5.74) is 7.21. The zero-order valence-electron chi connectivity index (χ0n) is 14.7. The molecule has 0 heterocycles. The molecule has 0 unspecified atom stereocenters. The van der Waals surface area contributed by atoms with Gasteiger partial charge in [-0.1, -0.05) is 30.3 Å². The van der Waals surface area contributed by atoms with E-state index >= 15 is 0 Å². The zero-order valence-corrected chi connectivity index (χ0v) is 14.7.